The van der Waals surface area contributed by atoms with Crippen LogP contribution in [0.25, 0.3) is 5.69 Å². The summed E-state index contributed by atoms with van der Waals surface area (Å²) in [5.41, 5.74) is 2.32. The van der Waals surface area contributed by atoms with Gasteiger partial charge in [-0.1, -0.05) is 11.3 Å². The average Bonchev–Trinajstić information content (AvgIpc) is 3.56. The Balaban J connectivity index is 1.37. The Bertz CT molecular complexity index is 1300. The minimum atomic E-state index is -0.650. The number of rotatable bonds is 5. The molecule has 10 heteroatoms. The van der Waals surface area contributed by atoms with Crippen LogP contribution >= 0.6 is 0 Å². The maximum atomic E-state index is 14.7. The lowest BCUT2D eigenvalue weighted by molar-refractivity contribution is 0.102. The molecule has 2 aliphatic rings. The van der Waals surface area contributed by atoms with Crippen LogP contribution < -0.4 is 5.32 Å². The highest BCUT2D eigenvalue weighted by Gasteiger charge is 2.27. The number of aromatic nitrogens is 4. The molecule has 1 aliphatic heterocycles. The van der Waals surface area contributed by atoms with E-state index in [0.29, 0.717) is 41.7 Å². The van der Waals surface area contributed by atoms with Crippen molar-refractivity contribution in [2.24, 2.45) is 0 Å². The van der Waals surface area contributed by atoms with Gasteiger partial charge in [-0.05, 0) is 62.4 Å². The number of nitrogens with zero attached hydrogens (tertiary/aromatic N) is 5. The van der Waals surface area contributed by atoms with Gasteiger partial charge >= 0.3 is 0 Å². The molecule has 1 saturated carbocycles. The standard InChI is InChI=1S/C24H25FN8O/c1-14-11-17(25)16(12-20(14)33-13-19(30-31-33)15-8-9-15)24(34)29-22-7-4-5-18(28-22)23(27)32-10-3-2-6-21(32)26/h4-5,7,11-13,15,26-27H,2-3,6,8-10H2,1H3,(H,28,29,34). The zero-order chi connectivity index (χ0) is 23.8. The fourth-order valence-electron chi connectivity index (χ4n) is 4.08. The van der Waals surface area contributed by atoms with Crippen LogP contribution in [0.3, 0.4) is 0 Å². The Morgan fingerprint density at radius 3 is 2.82 bits per heavy atom. The maximum absolute atomic E-state index is 14.7. The van der Waals surface area contributed by atoms with E-state index in [0.717, 1.165) is 31.4 Å². The van der Waals surface area contributed by atoms with Crippen LogP contribution in [0.5, 0.6) is 0 Å². The molecule has 3 heterocycles. The van der Waals surface area contributed by atoms with Gasteiger partial charge in [-0.15, -0.1) is 5.10 Å². The van der Waals surface area contributed by atoms with Crippen molar-refractivity contribution in [2.75, 3.05) is 11.9 Å². The molecule has 0 unspecified atom stereocenters. The van der Waals surface area contributed by atoms with E-state index < -0.39 is 11.7 Å². The van der Waals surface area contributed by atoms with E-state index in [1.54, 1.807) is 34.7 Å². The minimum absolute atomic E-state index is 0.113. The number of piperidine rings is 1. The zero-order valence-corrected chi connectivity index (χ0v) is 18.8. The van der Waals surface area contributed by atoms with Crippen molar-refractivity contribution in [3.05, 3.63) is 64.9 Å². The lowest BCUT2D eigenvalue weighted by Gasteiger charge is -2.29. The second kappa shape index (κ2) is 8.77. The molecule has 1 aliphatic carbocycles. The molecule has 1 saturated heterocycles. The molecule has 2 aromatic heterocycles. The Kier molecular flexibility index (Phi) is 5.64. The molecule has 5 rings (SSSR count). The van der Waals surface area contributed by atoms with E-state index in [1.807, 2.05) is 6.20 Å². The number of likely N-dealkylation sites (tertiary alicyclic amines) is 1. The van der Waals surface area contributed by atoms with Crippen molar-refractivity contribution in [1.29, 1.82) is 10.8 Å². The number of halogens is 1. The third-order valence-corrected chi connectivity index (χ3v) is 6.16. The number of carbonyl (C=O) groups is 1. The molecule has 0 atom stereocenters. The Labute approximate surface area is 196 Å². The van der Waals surface area contributed by atoms with Crippen LogP contribution in [0.2, 0.25) is 0 Å². The highest BCUT2D eigenvalue weighted by molar-refractivity contribution is 6.07. The molecule has 0 spiro atoms. The Morgan fingerprint density at radius 1 is 1.24 bits per heavy atom. The second-order valence-corrected chi connectivity index (χ2v) is 8.75. The Hall–Kier alpha value is -3.95. The summed E-state index contributed by atoms with van der Waals surface area (Å²) in [6.07, 6.45) is 6.49. The number of pyridine rings is 1. The first-order valence-electron chi connectivity index (χ1n) is 11.4. The van der Waals surface area contributed by atoms with Gasteiger partial charge in [0.1, 0.15) is 23.2 Å². The third kappa shape index (κ3) is 4.30. The van der Waals surface area contributed by atoms with Gasteiger partial charge in [0.15, 0.2) is 5.84 Å². The maximum Gasteiger partial charge on any atom is 0.259 e. The molecule has 0 bridgehead atoms. The Morgan fingerprint density at radius 2 is 2.06 bits per heavy atom. The summed E-state index contributed by atoms with van der Waals surface area (Å²) >= 11 is 0. The van der Waals surface area contributed by atoms with Crippen molar-refractivity contribution in [3.63, 3.8) is 0 Å². The van der Waals surface area contributed by atoms with Gasteiger partial charge in [0.05, 0.1) is 23.1 Å². The summed E-state index contributed by atoms with van der Waals surface area (Å²) in [6.45, 7) is 2.35. The molecule has 1 amide bonds. The smallest absolute Gasteiger partial charge is 0.259 e. The van der Waals surface area contributed by atoms with Crippen molar-refractivity contribution in [3.8, 4) is 5.69 Å². The van der Waals surface area contributed by atoms with Gasteiger partial charge in [0.2, 0.25) is 0 Å². The van der Waals surface area contributed by atoms with E-state index in [-0.39, 0.29) is 17.2 Å². The van der Waals surface area contributed by atoms with Crippen LogP contribution in [0.15, 0.2) is 36.5 Å². The molecule has 2 fully saturated rings. The first-order chi connectivity index (χ1) is 16.4. The zero-order valence-electron chi connectivity index (χ0n) is 18.8. The molecule has 34 heavy (non-hydrogen) atoms. The molecule has 174 valence electrons. The highest BCUT2D eigenvalue weighted by atomic mass is 19.1. The molecule has 0 radical (unpaired) electrons. The predicted molar refractivity (Wildman–Crippen MR) is 125 cm³/mol. The van der Waals surface area contributed by atoms with E-state index >= 15 is 0 Å². The summed E-state index contributed by atoms with van der Waals surface area (Å²) in [5.74, 6) is -0.158. The third-order valence-electron chi connectivity index (χ3n) is 6.16. The number of hydrogen-bond donors (Lipinski definition) is 3. The minimum Gasteiger partial charge on any atom is -0.314 e. The molecule has 1 aromatic carbocycles. The summed E-state index contributed by atoms with van der Waals surface area (Å²) in [4.78, 5) is 18.9. The number of hydrogen-bond acceptors (Lipinski definition) is 6. The van der Waals surface area contributed by atoms with Crippen LogP contribution in [-0.4, -0.2) is 49.0 Å². The molecule has 3 N–H and O–H groups in total. The van der Waals surface area contributed by atoms with Gasteiger partial charge in [-0.25, -0.2) is 14.1 Å². The molecule has 3 aromatic rings. The highest BCUT2D eigenvalue weighted by Crippen LogP contribution is 2.38. The summed E-state index contributed by atoms with van der Waals surface area (Å²) in [7, 11) is 0. The van der Waals surface area contributed by atoms with Gasteiger partial charge in [-0.3, -0.25) is 15.6 Å². The van der Waals surface area contributed by atoms with Gasteiger partial charge in [-0.2, -0.15) is 0 Å². The van der Waals surface area contributed by atoms with Crippen LogP contribution in [0, 0.1) is 23.6 Å². The summed E-state index contributed by atoms with van der Waals surface area (Å²) in [6, 6.07) is 7.69. The number of carbonyl (C=O) groups excluding carboxylic acids is 1. The number of benzene rings is 1. The number of aryl methyl sites for hydroxylation is 1. The number of amides is 1. The molecular formula is C24H25FN8O. The van der Waals surface area contributed by atoms with Crippen molar-refractivity contribution < 1.29 is 9.18 Å². The lowest BCUT2D eigenvalue weighted by atomic mass is 10.1. The monoisotopic (exact) mass is 460 g/mol. The first kappa shape index (κ1) is 21.9. The van der Waals surface area contributed by atoms with Gasteiger partial charge in [0.25, 0.3) is 5.91 Å². The van der Waals surface area contributed by atoms with E-state index in [4.69, 9.17) is 10.8 Å². The molecular weight excluding hydrogens is 435 g/mol. The van der Waals surface area contributed by atoms with Crippen LogP contribution in [-0.2, 0) is 0 Å². The SMILES string of the molecule is Cc1cc(F)c(C(=O)Nc2cccc(C(=N)N3CCCCC3=N)n2)cc1-n1cc(C2CC2)nn1. The lowest BCUT2D eigenvalue weighted by Crippen LogP contribution is -2.40. The van der Waals surface area contributed by atoms with Crippen LogP contribution in [0.4, 0.5) is 10.2 Å². The molecule has 9 nitrogen and oxygen atoms in total. The quantitative estimate of drug-likeness (QED) is 0.392. The van der Waals surface area contributed by atoms with E-state index in [9.17, 15) is 9.18 Å². The second-order valence-electron chi connectivity index (χ2n) is 8.75. The van der Waals surface area contributed by atoms with Crippen molar-refractivity contribution in [2.45, 2.75) is 44.9 Å². The average molecular weight is 461 g/mol. The largest absolute Gasteiger partial charge is 0.314 e. The topological polar surface area (TPSA) is 124 Å². The van der Waals surface area contributed by atoms with Crippen molar-refractivity contribution >= 4 is 23.4 Å². The van der Waals surface area contributed by atoms with E-state index in [2.05, 4.69) is 20.6 Å². The summed E-state index contributed by atoms with van der Waals surface area (Å²) < 4.78 is 16.3. The van der Waals surface area contributed by atoms with Gasteiger partial charge in [0, 0.05) is 18.9 Å². The fourth-order valence-corrected chi connectivity index (χ4v) is 4.08. The number of nitrogens with one attached hydrogen (secondary N) is 3. The van der Waals surface area contributed by atoms with Crippen LogP contribution in [0.1, 0.15) is 65.3 Å². The fraction of sp³-hybridized carbons (Fsp3) is 0.333. The number of anilines is 1. The predicted octanol–water partition coefficient (Wildman–Crippen LogP) is 4.03. The van der Waals surface area contributed by atoms with Crippen molar-refractivity contribution in [1.82, 2.24) is 24.9 Å². The van der Waals surface area contributed by atoms with Gasteiger partial charge < -0.3 is 10.2 Å². The first-order valence-corrected chi connectivity index (χ1v) is 11.4. The number of amidine groups is 2. The van der Waals surface area contributed by atoms with E-state index in [1.165, 1.54) is 12.1 Å². The normalized spacial score (nSPS) is 15.9. The summed E-state index contributed by atoms with van der Waals surface area (Å²) in [5, 5.41) is 27.5.